The molecule has 0 radical (unpaired) electrons. The van der Waals surface area contributed by atoms with Crippen molar-refractivity contribution in [2.75, 3.05) is 16.0 Å². The predicted octanol–water partition coefficient (Wildman–Crippen LogP) is 5.83. The zero-order valence-electron chi connectivity index (χ0n) is 22.8. The van der Waals surface area contributed by atoms with Crippen molar-refractivity contribution in [1.82, 2.24) is 10.2 Å². The molecule has 8 nitrogen and oxygen atoms in total. The Bertz CT molecular complexity index is 1600. The minimum absolute atomic E-state index is 0.00698. The van der Waals surface area contributed by atoms with Gasteiger partial charge in [0.2, 0.25) is 11.0 Å². The topological polar surface area (TPSA) is 125 Å². The summed E-state index contributed by atoms with van der Waals surface area (Å²) in [6.45, 7) is 8.08. The Morgan fingerprint density at radius 3 is 2.65 bits per heavy atom. The van der Waals surface area contributed by atoms with Crippen LogP contribution in [0.2, 0.25) is 0 Å². The van der Waals surface area contributed by atoms with Gasteiger partial charge < -0.3 is 11.1 Å². The normalized spacial score (nSPS) is 18.4. The number of benzene rings is 2. The lowest BCUT2D eigenvalue weighted by molar-refractivity contribution is -0.118. The van der Waals surface area contributed by atoms with Gasteiger partial charge in [0.1, 0.15) is 5.82 Å². The Hall–Kier alpha value is -3.94. The number of allylic oxidation sites excluding steroid dienone is 3. The molecular formula is C30H30N6O2S2. The zero-order valence-corrected chi connectivity index (χ0v) is 24.4. The monoisotopic (exact) mass is 570 g/mol. The van der Waals surface area contributed by atoms with Crippen LogP contribution in [0.1, 0.15) is 49.3 Å². The molecule has 0 saturated heterocycles. The van der Waals surface area contributed by atoms with Crippen molar-refractivity contribution < 1.29 is 9.59 Å². The number of hydrogen-bond acceptors (Lipinski definition) is 9. The summed E-state index contributed by atoms with van der Waals surface area (Å²) in [5.41, 5.74) is 11.8. The van der Waals surface area contributed by atoms with E-state index in [9.17, 15) is 14.9 Å². The van der Waals surface area contributed by atoms with Crippen LogP contribution in [0.3, 0.4) is 0 Å². The number of Topliss-reactive ketones (excluding diaryl/α,β-unsaturated/α-hetero) is 1. The van der Waals surface area contributed by atoms with Gasteiger partial charge in [0, 0.05) is 23.4 Å². The molecule has 1 atom stereocenters. The summed E-state index contributed by atoms with van der Waals surface area (Å²) in [6.07, 6.45) is 0.978. The molecule has 1 aliphatic carbocycles. The minimum Gasteiger partial charge on any atom is -0.384 e. The van der Waals surface area contributed by atoms with Crippen molar-refractivity contribution in [2.24, 2.45) is 11.1 Å². The summed E-state index contributed by atoms with van der Waals surface area (Å²) in [6, 6.07) is 17.7. The summed E-state index contributed by atoms with van der Waals surface area (Å²) in [7, 11) is 0. The Morgan fingerprint density at radius 1 is 1.20 bits per heavy atom. The van der Waals surface area contributed by atoms with Crippen LogP contribution in [0, 0.1) is 30.6 Å². The number of aromatic nitrogens is 2. The third-order valence-electron chi connectivity index (χ3n) is 7.08. The molecule has 0 bridgehead atoms. The van der Waals surface area contributed by atoms with Gasteiger partial charge in [-0.1, -0.05) is 85.0 Å². The molecular weight excluding hydrogens is 541 g/mol. The summed E-state index contributed by atoms with van der Waals surface area (Å²) < 4.78 is 0.589. The fraction of sp³-hybridized carbons (Fsp3) is 0.300. The van der Waals surface area contributed by atoms with Gasteiger partial charge in [-0.15, -0.1) is 10.2 Å². The molecule has 3 aromatic rings. The Kier molecular flexibility index (Phi) is 7.53. The van der Waals surface area contributed by atoms with Gasteiger partial charge in [-0.05, 0) is 42.9 Å². The number of rotatable bonds is 6. The van der Waals surface area contributed by atoms with Crippen LogP contribution < -0.4 is 16.0 Å². The largest absolute Gasteiger partial charge is 0.384 e. The van der Waals surface area contributed by atoms with E-state index in [1.807, 2.05) is 62.4 Å². The second-order valence-corrected chi connectivity index (χ2v) is 13.1. The van der Waals surface area contributed by atoms with Crippen molar-refractivity contribution in [1.29, 1.82) is 5.26 Å². The van der Waals surface area contributed by atoms with E-state index in [0.717, 1.165) is 28.1 Å². The van der Waals surface area contributed by atoms with Crippen LogP contribution >= 0.6 is 23.1 Å². The SMILES string of the molecule is Cc1ccc(NC(=O)CSc2nnc(N3C(N)=C(C#N)C(c4ccccc4)C4=C3CC(C)(C)CC4=O)s2)c(C)c1. The number of nitrogens with zero attached hydrogens (tertiary/aromatic N) is 4. The number of aryl methyl sites for hydroxylation is 2. The smallest absolute Gasteiger partial charge is 0.234 e. The number of nitrogens with one attached hydrogen (secondary N) is 1. The highest BCUT2D eigenvalue weighted by Gasteiger charge is 2.45. The highest BCUT2D eigenvalue weighted by Crippen LogP contribution is 2.50. The van der Waals surface area contributed by atoms with Gasteiger partial charge >= 0.3 is 0 Å². The van der Waals surface area contributed by atoms with Crippen LogP contribution in [0.15, 0.2) is 75.5 Å². The first-order chi connectivity index (χ1) is 19.1. The van der Waals surface area contributed by atoms with E-state index in [1.54, 1.807) is 4.90 Å². The molecule has 40 heavy (non-hydrogen) atoms. The van der Waals surface area contributed by atoms with E-state index >= 15 is 0 Å². The molecule has 2 aromatic carbocycles. The molecule has 5 rings (SSSR count). The first-order valence-corrected chi connectivity index (χ1v) is 14.7. The van der Waals surface area contributed by atoms with E-state index in [1.165, 1.54) is 23.1 Å². The lowest BCUT2D eigenvalue weighted by atomic mass is 9.69. The van der Waals surface area contributed by atoms with Gasteiger partial charge in [-0.3, -0.25) is 14.5 Å². The molecule has 0 spiro atoms. The second kappa shape index (κ2) is 10.9. The van der Waals surface area contributed by atoms with Crippen molar-refractivity contribution in [2.45, 2.75) is 50.8 Å². The average Bonchev–Trinajstić information content (AvgIpc) is 3.36. The van der Waals surface area contributed by atoms with Gasteiger partial charge in [-0.2, -0.15) is 5.26 Å². The Balaban J connectivity index is 1.44. The van der Waals surface area contributed by atoms with Crippen molar-refractivity contribution in [3.8, 4) is 6.07 Å². The molecule has 3 N–H and O–H groups in total. The number of nitriles is 1. The quantitative estimate of drug-likeness (QED) is 0.355. The first-order valence-electron chi connectivity index (χ1n) is 12.9. The molecule has 1 aromatic heterocycles. The summed E-state index contributed by atoms with van der Waals surface area (Å²) in [5, 5.41) is 22.3. The average molecular weight is 571 g/mol. The fourth-order valence-electron chi connectivity index (χ4n) is 5.32. The van der Waals surface area contributed by atoms with Gasteiger partial charge in [-0.25, -0.2) is 0 Å². The van der Waals surface area contributed by atoms with E-state index in [2.05, 4.69) is 35.4 Å². The molecule has 0 fully saturated rings. The van der Waals surface area contributed by atoms with E-state index in [-0.39, 0.29) is 28.7 Å². The fourth-order valence-corrected chi connectivity index (χ4v) is 7.01. The van der Waals surface area contributed by atoms with Crippen molar-refractivity contribution in [3.63, 3.8) is 0 Å². The molecule has 0 saturated carbocycles. The molecule has 1 aliphatic heterocycles. The molecule has 2 aliphatic rings. The number of anilines is 2. The maximum atomic E-state index is 13.6. The van der Waals surface area contributed by atoms with E-state index < -0.39 is 5.92 Å². The maximum absolute atomic E-state index is 13.6. The molecule has 10 heteroatoms. The standard InChI is InChI=1S/C30H30N6O2S2/c1-17-10-11-21(18(2)12-17)33-24(38)16-39-29-35-34-28(40-29)36-22-13-30(3,4)14-23(37)26(22)25(20(15-31)27(36)32)19-8-6-5-7-9-19/h5-12,25H,13-14,16,32H2,1-4H3,(H,33,38). The molecule has 1 amide bonds. The Labute approximate surface area is 242 Å². The number of carbonyl (C=O) groups excluding carboxylic acids is 2. The van der Waals surface area contributed by atoms with Crippen LogP contribution in [0.25, 0.3) is 0 Å². The number of ketones is 1. The number of nitrogens with two attached hydrogens (primary N) is 1. The summed E-state index contributed by atoms with van der Waals surface area (Å²) in [4.78, 5) is 28.0. The van der Waals surface area contributed by atoms with Crippen LogP contribution in [-0.2, 0) is 9.59 Å². The number of hydrogen-bond donors (Lipinski definition) is 2. The number of thioether (sulfide) groups is 1. The van der Waals surface area contributed by atoms with E-state index in [0.29, 0.717) is 33.5 Å². The van der Waals surface area contributed by atoms with Gasteiger partial charge in [0.25, 0.3) is 0 Å². The van der Waals surface area contributed by atoms with Crippen LogP contribution in [-0.4, -0.2) is 27.6 Å². The molecule has 2 heterocycles. The second-order valence-electron chi connectivity index (χ2n) is 10.9. The third-order valence-corrected chi connectivity index (χ3v) is 9.13. The maximum Gasteiger partial charge on any atom is 0.234 e. The van der Waals surface area contributed by atoms with Crippen molar-refractivity contribution in [3.05, 3.63) is 87.9 Å². The summed E-state index contributed by atoms with van der Waals surface area (Å²) in [5.74, 6) is -0.259. The Morgan fingerprint density at radius 2 is 1.95 bits per heavy atom. The molecule has 204 valence electrons. The number of amides is 1. The highest BCUT2D eigenvalue weighted by molar-refractivity contribution is 8.01. The van der Waals surface area contributed by atoms with E-state index in [4.69, 9.17) is 5.73 Å². The van der Waals surface area contributed by atoms with Gasteiger partial charge in [0.05, 0.1) is 23.3 Å². The lowest BCUT2D eigenvalue weighted by Gasteiger charge is -2.42. The van der Waals surface area contributed by atoms with Crippen LogP contribution in [0.5, 0.6) is 0 Å². The van der Waals surface area contributed by atoms with Gasteiger partial charge in [0.15, 0.2) is 10.1 Å². The van der Waals surface area contributed by atoms with Crippen LogP contribution in [0.4, 0.5) is 10.8 Å². The number of carbonyl (C=O) groups is 2. The predicted molar refractivity (Wildman–Crippen MR) is 159 cm³/mol. The third kappa shape index (κ3) is 5.40. The minimum atomic E-state index is -0.531. The van der Waals surface area contributed by atoms with Crippen molar-refractivity contribution >= 4 is 45.6 Å². The lowest BCUT2D eigenvalue weighted by Crippen LogP contribution is -2.42. The zero-order chi connectivity index (χ0) is 28.6. The molecule has 1 unspecified atom stereocenters. The highest BCUT2D eigenvalue weighted by atomic mass is 32.2. The summed E-state index contributed by atoms with van der Waals surface area (Å²) >= 11 is 2.56. The first kappa shape index (κ1) is 27.6.